The average molecular weight is 1590 g/mol. The fourth-order valence-corrected chi connectivity index (χ4v) is 11.5. The van der Waals surface area contributed by atoms with Crippen molar-refractivity contribution in [3.63, 3.8) is 0 Å². The number of aliphatic hydroxyl groups excluding tert-OH is 2. The molecule has 0 spiro atoms. The standard InChI is InChI=1S/C71H116N18O23/c1-9-38(6)57(67(107)81-45(71(111)112)21-14-16-28-73)87-63(103)44(24-26-55(98)99)80-66(106)56(37(4)5)86-62(102)43(20-13-15-27-72)79-68(108)58(39(7)90)85-53(95)35-77-51(93)33-76-52(94)34-78-61(101)47(31-41-18-11-10-12-19-41)83-69(109)59(40(8)91)88-64(104)46(30-36(2)3)82-65(105)49-22-17-29-89(49)70(110)48(32-50(75)92)84-60(100)42(74)23-25-54(96)97/h10-12,18-19,36-40,42-49,56-59,90-91H,9,13-17,20-35,72-74H2,1-8H3,(H2,75,92)(H,76,94)(H,77,93)(H,78,101)(H,79,108)(H,80,106)(H,81,107)(H,82,105)(H,83,109)(H,84,100)(H,85,95)(H,86,102)(H,87,103)(H,88,104)(H,96,97)(H,98,99)(H,111,112)/t38-,39+,40+,42-,43-,44-,45-,46-,47-,48-,49-,56-,57-,58-,59-/m0/s1. The molecule has 15 atom stereocenters. The number of hydrogen-bond acceptors (Lipinski definition) is 23. The first kappa shape index (κ1) is 97.6. The van der Waals surface area contributed by atoms with Gasteiger partial charge < -0.3 is 122 Å². The fraction of sp³-hybridized carbons (Fsp3) is 0.662. The first-order chi connectivity index (χ1) is 52.7. The van der Waals surface area contributed by atoms with Gasteiger partial charge in [0.25, 0.3) is 0 Å². The second-order valence-corrected chi connectivity index (χ2v) is 28.3. The summed E-state index contributed by atoms with van der Waals surface area (Å²) in [6.07, 6.45) is -4.24. The molecule has 0 aliphatic carbocycles. The summed E-state index contributed by atoms with van der Waals surface area (Å²) in [4.78, 5) is 240. The molecule has 0 saturated carbocycles. The third-order valence-corrected chi connectivity index (χ3v) is 18.0. The maximum absolute atomic E-state index is 14.1. The summed E-state index contributed by atoms with van der Waals surface area (Å²) in [5, 5.41) is 81.3. The molecule has 1 aliphatic heterocycles. The highest BCUT2D eigenvalue weighted by Gasteiger charge is 2.42. The third kappa shape index (κ3) is 35.7. The summed E-state index contributed by atoms with van der Waals surface area (Å²) in [6.45, 7) is 10.0. The Kier molecular flexibility index (Phi) is 43.9. The zero-order valence-corrected chi connectivity index (χ0v) is 64.6. The van der Waals surface area contributed by atoms with Crippen molar-refractivity contribution in [3.8, 4) is 0 Å². The Hall–Kier alpha value is -10.5. The van der Waals surface area contributed by atoms with Gasteiger partial charge in [-0.05, 0) is 121 Å². The second-order valence-electron chi connectivity index (χ2n) is 28.3. The summed E-state index contributed by atoms with van der Waals surface area (Å²) in [6, 6.07) is -9.82. The minimum Gasteiger partial charge on any atom is -0.481 e. The molecule has 41 heteroatoms. The number of nitrogens with one attached hydrogen (secondary N) is 13. The van der Waals surface area contributed by atoms with Gasteiger partial charge in [0.2, 0.25) is 88.6 Å². The van der Waals surface area contributed by atoms with Gasteiger partial charge >= 0.3 is 17.9 Å². The van der Waals surface area contributed by atoms with Gasteiger partial charge in [-0.2, -0.15) is 0 Å². The number of likely N-dealkylation sites (tertiary alicyclic amines) is 1. The monoisotopic (exact) mass is 1590 g/mol. The first-order valence-electron chi connectivity index (χ1n) is 37.3. The zero-order chi connectivity index (χ0) is 84.6. The molecule has 41 nitrogen and oxygen atoms in total. The van der Waals surface area contributed by atoms with E-state index in [2.05, 4.69) is 69.1 Å². The SMILES string of the molecule is CC[C@H](C)[C@H](NC(=O)[C@H](CCC(=O)O)NC(=O)[C@@H](NC(=O)[C@H](CCCCN)NC(=O)[C@@H](NC(=O)CNC(=O)CNC(=O)CNC(=O)[C@H](Cc1ccccc1)NC(=O)[C@@H](NC(=O)[C@H](CC(C)C)NC(=O)[C@@H]1CCCN1C(=O)[C@H](CC(N)=O)NC(=O)[C@@H](N)CCC(=O)O)[C@@H](C)O)[C@@H](C)O)C(C)C)C(=O)N[C@@H](CCCCN)C(=O)O. The molecule has 1 aromatic carbocycles. The summed E-state index contributed by atoms with van der Waals surface area (Å²) < 4.78 is 0. The van der Waals surface area contributed by atoms with Crippen LogP contribution in [-0.2, 0) is 92.7 Å². The van der Waals surface area contributed by atoms with Crippen molar-refractivity contribution < 1.29 is 112 Å². The Bertz CT molecular complexity index is 3380. The molecule has 0 unspecified atom stereocenters. The summed E-state index contributed by atoms with van der Waals surface area (Å²) >= 11 is 0. The number of benzene rings is 1. The fourth-order valence-electron chi connectivity index (χ4n) is 11.5. The lowest BCUT2D eigenvalue weighted by Gasteiger charge is -2.31. The summed E-state index contributed by atoms with van der Waals surface area (Å²) in [5.41, 5.74) is 23.0. The van der Waals surface area contributed by atoms with Gasteiger partial charge in [0.1, 0.15) is 66.5 Å². The normalized spacial score (nSPS) is 16.3. The number of carboxylic acid groups (broad SMARTS) is 3. The zero-order valence-electron chi connectivity index (χ0n) is 64.6. The number of aliphatic carboxylic acids is 3. The van der Waals surface area contributed by atoms with Crippen LogP contribution in [-0.4, -0.2) is 261 Å². The molecule has 1 heterocycles. The molecule has 0 aromatic heterocycles. The smallest absolute Gasteiger partial charge is 0.326 e. The predicted molar refractivity (Wildman–Crippen MR) is 399 cm³/mol. The highest BCUT2D eigenvalue weighted by Crippen LogP contribution is 2.21. The van der Waals surface area contributed by atoms with E-state index in [0.29, 0.717) is 31.2 Å². The van der Waals surface area contributed by atoms with E-state index in [1.54, 1.807) is 58.0 Å². The van der Waals surface area contributed by atoms with Crippen molar-refractivity contribution >= 4 is 107 Å². The summed E-state index contributed by atoms with van der Waals surface area (Å²) in [7, 11) is 0. The van der Waals surface area contributed by atoms with Gasteiger partial charge in [0, 0.05) is 25.8 Å². The van der Waals surface area contributed by atoms with Gasteiger partial charge in [-0.3, -0.25) is 81.5 Å². The Balaban J connectivity index is 2.20. The number of nitrogens with two attached hydrogens (primary N) is 4. The third-order valence-electron chi connectivity index (χ3n) is 18.0. The average Bonchev–Trinajstić information content (AvgIpc) is 1.66. The predicted octanol–water partition coefficient (Wildman–Crippen LogP) is -6.80. The van der Waals surface area contributed by atoms with E-state index in [1.807, 2.05) is 0 Å². The lowest BCUT2D eigenvalue weighted by atomic mass is 9.96. The molecule has 0 radical (unpaired) electrons. The molecule has 1 aromatic rings. The van der Waals surface area contributed by atoms with Crippen LogP contribution in [0.2, 0.25) is 0 Å². The number of carbonyl (C=O) groups is 18. The van der Waals surface area contributed by atoms with Crippen LogP contribution in [0, 0.1) is 17.8 Å². The molecule has 1 saturated heterocycles. The van der Waals surface area contributed by atoms with Crippen LogP contribution in [0.4, 0.5) is 0 Å². The van der Waals surface area contributed by atoms with Gasteiger partial charge in [0.15, 0.2) is 0 Å². The molecule has 2 rings (SSSR count). The number of hydrogen-bond donors (Lipinski definition) is 22. The molecular weight excluding hydrogens is 1470 g/mol. The molecule has 0 bridgehead atoms. The topological polar surface area (TPSA) is 672 Å². The van der Waals surface area contributed by atoms with E-state index in [9.17, 15) is 107 Å². The van der Waals surface area contributed by atoms with E-state index in [4.69, 9.17) is 28.0 Å². The largest absolute Gasteiger partial charge is 0.481 e. The molecular formula is C71H116N18O23. The minimum absolute atomic E-state index is 0.0320. The molecule has 1 aliphatic rings. The van der Waals surface area contributed by atoms with Gasteiger partial charge in [-0.1, -0.05) is 78.3 Å². The minimum atomic E-state index is -1.79. The first-order valence-corrected chi connectivity index (χ1v) is 37.3. The van der Waals surface area contributed by atoms with Crippen LogP contribution < -0.4 is 92.1 Å². The second kappa shape index (κ2) is 50.4. The highest BCUT2D eigenvalue weighted by atomic mass is 16.4. The van der Waals surface area contributed by atoms with E-state index in [1.165, 1.54) is 13.8 Å². The van der Waals surface area contributed by atoms with Crippen molar-refractivity contribution in [2.24, 2.45) is 40.7 Å². The molecule has 15 amide bonds. The number of nitrogens with zero attached hydrogens (tertiary/aromatic N) is 1. The molecule has 26 N–H and O–H groups in total. The van der Waals surface area contributed by atoms with Crippen molar-refractivity contribution in [2.75, 3.05) is 39.3 Å². The van der Waals surface area contributed by atoms with E-state index >= 15 is 0 Å². The van der Waals surface area contributed by atoms with Crippen molar-refractivity contribution in [3.05, 3.63) is 35.9 Å². The van der Waals surface area contributed by atoms with Crippen molar-refractivity contribution in [1.82, 2.24) is 74.0 Å². The lowest BCUT2D eigenvalue weighted by molar-refractivity contribution is -0.143. The molecule has 628 valence electrons. The highest BCUT2D eigenvalue weighted by molar-refractivity contribution is 6.00. The van der Waals surface area contributed by atoms with Crippen LogP contribution in [0.5, 0.6) is 0 Å². The number of carbonyl (C=O) groups excluding carboxylic acids is 15. The van der Waals surface area contributed by atoms with Crippen molar-refractivity contribution in [2.45, 2.75) is 243 Å². The van der Waals surface area contributed by atoms with Gasteiger partial charge in [-0.25, -0.2) is 4.79 Å². The van der Waals surface area contributed by atoms with E-state index < -0.39 is 248 Å². The molecule has 1 fully saturated rings. The number of amides is 15. The van der Waals surface area contributed by atoms with Crippen LogP contribution in [0.3, 0.4) is 0 Å². The maximum Gasteiger partial charge on any atom is 0.326 e. The van der Waals surface area contributed by atoms with Crippen LogP contribution in [0.15, 0.2) is 30.3 Å². The number of unbranched alkanes of at least 4 members (excludes halogenated alkanes) is 2. The van der Waals surface area contributed by atoms with Crippen LogP contribution in [0.1, 0.15) is 157 Å². The van der Waals surface area contributed by atoms with Gasteiger partial charge in [-0.15, -0.1) is 0 Å². The quantitative estimate of drug-likeness (QED) is 0.0270. The number of aliphatic hydroxyl groups is 2. The Morgan fingerprint density at radius 2 is 0.938 bits per heavy atom. The molecule has 112 heavy (non-hydrogen) atoms. The Labute approximate surface area is 648 Å². The number of primary amides is 1. The number of carboxylic acids is 3. The van der Waals surface area contributed by atoms with E-state index in [0.717, 1.165) is 18.7 Å². The Morgan fingerprint density at radius 3 is 1.45 bits per heavy atom. The summed E-state index contributed by atoms with van der Waals surface area (Å²) in [5.74, 6) is -20.2. The number of rotatable bonds is 53. The maximum atomic E-state index is 14.1. The van der Waals surface area contributed by atoms with Gasteiger partial charge in [0.05, 0.1) is 44.3 Å². The Morgan fingerprint density at radius 1 is 0.482 bits per heavy atom. The van der Waals surface area contributed by atoms with Crippen LogP contribution in [0.25, 0.3) is 0 Å². The van der Waals surface area contributed by atoms with E-state index in [-0.39, 0.29) is 76.9 Å². The van der Waals surface area contributed by atoms with Crippen LogP contribution >= 0.6 is 0 Å². The van der Waals surface area contributed by atoms with Crippen molar-refractivity contribution in [1.29, 1.82) is 0 Å². The lowest BCUT2D eigenvalue weighted by Crippen LogP contribution is -2.61.